The van der Waals surface area contributed by atoms with E-state index >= 15 is 0 Å². The van der Waals surface area contributed by atoms with Gasteiger partial charge in [0.05, 0.1) is 5.56 Å². The lowest BCUT2D eigenvalue weighted by Gasteiger charge is -2.08. The quantitative estimate of drug-likeness (QED) is 0.207. The largest absolute Gasteiger partial charge is 0.490 e. The highest BCUT2D eigenvalue weighted by molar-refractivity contribution is 6.26. The first-order chi connectivity index (χ1) is 17.6. The van der Waals surface area contributed by atoms with Gasteiger partial charge in [-0.3, -0.25) is 0 Å². The van der Waals surface area contributed by atoms with Crippen molar-refractivity contribution in [3.05, 3.63) is 107 Å². The summed E-state index contributed by atoms with van der Waals surface area (Å²) in [6, 6.07) is 23.7. The normalized spacial score (nSPS) is 13.2. The van der Waals surface area contributed by atoms with Crippen molar-refractivity contribution in [1.82, 2.24) is 4.98 Å². The van der Waals surface area contributed by atoms with E-state index in [1.807, 2.05) is 24.3 Å². The van der Waals surface area contributed by atoms with Crippen LogP contribution in [0.2, 0.25) is 0 Å². The maximum Gasteiger partial charge on any atom is 0.339 e. The number of amidine groups is 1. The van der Waals surface area contributed by atoms with Gasteiger partial charge in [-0.1, -0.05) is 30.3 Å². The van der Waals surface area contributed by atoms with Crippen molar-refractivity contribution in [2.24, 2.45) is 4.99 Å². The van der Waals surface area contributed by atoms with Gasteiger partial charge in [-0.15, -0.1) is 0 Å². The van der Waals surface area contributed by atoms with Gasteiger partial charge in [0.1, 0.15) is 30.4 Å². The summed E-state index contributed by atoms with van der Waals surface area (Å²) in [5, 5.41) is 6.41. The predicted molar refractivity (Wildman–Crippen MR) is 136 cm³/mol. The summed E-state index contributed by atoms with van der Waals surface area (Å²) in [4.78, 5) is 32.7. The van der Waals surface area contributed by atoms with Crippen LogP contribution in [-0.2, 0) is 4.74 Å². The molecule has 0 bridgehead atoms. The maximum absolute atomic E-state index is 12.4. The van der Waals surface area contributed by atoms with Gasteiger partial charge in [0.25, 0.3) is 0 Å². The summed E-state index contributed by atoms with van der Waals surface area (Å²) in [6.07, 6.45) is 1.44. The van der Waals surface area contributed by atoms with Gasteiger partial charge in [-0.05, 0) is 41.8 Å². The molecule has 1 aliphatic rings. The van der Waals surface area contributed by atoms with Crippen LogP contribution in [0.5, 0.6) is 5.75 Å². The number of rotatable bonds is 6. The zero-order valence-electron chi connectivity index (χ0n) is 18.9. The second kappa shape index (κ2) is 8.99. The van der Waals surface area contributed by atoms with Crippen molar-refractivity contribution in [2.45, 2.75) is 0 Å². The number of ether oxygens (including phenoxy) is 2. The Morgan fingerprint density at radius 1 is 0.944 bits per heavy atom. The molecule has 0 atom stereocenters. The third-order valence-electron chi connectivity index (χ3n) is 5.80. The fourth-order valence-electron chi connectivity index (χ4n) is 4.12. The summed E-state index contributed by atoms with van der Waals surface area (Å²) < 4.78 is 16.0. The molecule has 176 valence electrons. The standard InChI is InChI=1S/C28H19N3O5/c32-25-12-9-17-7-10-20(15-23(17)36-25)34-13-14-35-28(33)19-8-11-24(29-16-19)31-27-21-5-1-3-18-4-2-6-22(30-27)26(18)21/h1-12,15-16H,13-14H2,(H,29,30,31). The van der Waals surface area contributed by atoms with E-state index in [0.717, 1.165) is 33.2 Å². The average molecular weight is 477 g/mol. The Hall–Kier alpha value is -4.98. The number of aromatic nitrogens is 1. The third kappa shape index (κ3) is 4.16. The highest BCUT2D eigenvalue weighted by atomic mass is 16.6. The van der Waals surface area contributed by atoms with Crippen LogP contribution in [0, 0.1) is 0 Å². The summed E-state index contributed by atoms with van der Waals surface area (Å²) in [6.45, 7) is 0.192. The number of hydrogen-bond donors (Lipinski definition) is 1. The zero-order chi connectivity index (χ0) is 24.5. The minimum Gasteiger partial charge on any atom is -0.490 e. The van der Waals surface area contributed by atoms with E-state index in [1.165, 1.54) is 12.3 Å². The van der Waals surface area contributed by atoms with Gasteiger partial charge in [0, 0.05) is 40.4 Å². The Labute approximate surface area is 204 Å². The molecule has 0 aliphatic carbocycles. The van der Waals surface area contributed by atoms with Gasteiger partial charge in [0.15, 0.2) is 5.82 Å². The smallest absolute Gasteiger partial charge is 0.339 e. The van der Waals surface area contributed by atoms with E-state index in [-0.39, 0.29) is 13.2 Å². The molecule has 2 aromatic heterocycles. The number of benzene rings is 3. The van der Waals surface area contributed by atoms with Gasteiger partial charge in [-0.2, -0.15) is 0 Å². The van der Waals surface area contributed by atoms with Crippen molar-refractivity contribution in [3.63, 3.8) is 0 Å². The molecule has 0 spiro atoms. The van der Waals surface area contributed by atoms with Crippen molar-refractivity contribution in [3.8, 4) is 5.75 Å². The van der Waals surface area contributed by atoms with Crippen LogP contribution in [-0.4, -0.2) is 30.0 Å². The molecule has 8 heteroatoms. The van der Waals surface area contributed by atoms with Crippen molar-refractivity contribution in [1.29, 1.82) is 0 Å². The van der Waals surface area contributed by atoms with Crippen LogP contribution in [0.15, 0.2) is 99.3 Å². The Morgan fingerprint density at radius 3 is 2.67 bits per heavy atom. The van der Waals surface area contributed by atoms with Gasteiger partial charge in [0.2, 0.25) is 0 Å². The van der Waals surface area contributed by atoms with Crippen molar-refractivity contribution in [2.75, 3.05) is 18.5 Å². The van der Waals surface area contributed by atoms with Crippen LogP contribution in [0.4, 0.5) is 11.5 Å². The summed E-state index contributed by atoms with van der Waals surface area (Å²) in [7, 11) is 0. The van der Waals surface area contributed by atoms with Crippen LogP contribution >= 0.6 is 0 Å². The molecule has 0 saturated carbocycles. The molecule has 0 saturated heterocycles. The SMILES string of the molecule is O=C(OCCOc1ccc2ccc(=O)oc2c1)c1ccc(N=C2Nc3cccc4cccc2c34)nc1. The summed E-state index contributed by atoms with van der Waals surface area (Å²) >= 11 is 0. The van der Waals surface area contributed by atoms with Gasteiger partial charge < -0.3 is 19.2 Å². The summed E-state index contributed by atoms with van der Waals surface area (Å²) in [5.74, 6) is 1.20. The molecule has 0 amide bonds. The minimum absolute atomic E-state index is 0.0475. The summed E-state index contributed by atoms with van der Waals surface area (Å²) in [5.41, 5.74) is 2.34. The molecule has 3 aromatic carbocycles. The van der Waals surface area contributed by atoms with Gasteiger partial charge in [-0.25, -0.2) is 19.6 Å². The first-order valence-electron chi connectivity index (χ1n) is 11.3. The highest BCUT2D eigenvalue weighted by Gasteiger charge is 2.19. The fourth-order valence-corrected chi connectivity index (χ4v) is 4.12. The number of nitrogens with one attached hydrogen (secondary N) is 1. The lowest BCUT2D eigenvalue weighted by atomic mass is 10.1. The topological polar surface area (TPSA) is 103 Å². The Kier molecular flexibility index (Phi) is 5.38. The number of esters is 1. The first-order valence-corrected chi connectivity index (χ1v) is 11.3. The predicted octanol–water partition coefficient (Wildman–Crippen LogP) is 5.08. The molecular weight excluding hydrogens is 458 g/mol. The number of carbonyl (C=O) groups excluding carboxylic acids is 1. The Bertz CT molecular complexity index is 1700. The molecule has 0 fully saturated rings. The van der Waals surface area contributed by atoms with Crippen LogP contribution in [0.3, 0.4) is 0 Å². The van der Waals surface area contributed by atoms with Crippen molar-refractivity contribution >= 4 is 45.1 Å². The number of aliphatic imine (C=N–C) groups is 1. The number of anilines is 1. The van der Waals surface area contributed by atoms with E-state index in [2.05, 4.69) is 27.4 Å². The van der Waals surface area contributed by atoms with Crippen LogP contribution in [0.25, 0.3) is 21.7 Å². The Balaban J connectivity index is 1.07. The monoisotopic (exact) mass is 477 g/mol. The van der Waals surface area contributed by atoms with Crippen LogP contribution < -0.4 is 15.7 Å². The molecule has 0 unspecified atom stereocenters. The van der Waals surface area contributed by atoms with Gasteiger partial charge >= 0.3 is 11.6 Å². The van der Waals surface area contributed by atoms with E-state index in [0.29, 0.717) is 22.7 Å². The highest BCUT2D eigenvalue weighted by Crippen LogP contribution is 2.33. The zero-order valence-corrected chi connectivity index (χ0v) is 18.9. The maximum atomic E-state index is 12.4. The third-order valence-corrected chi connectivity index (χ3v) is 5.80. The lowest BCUT2D eigenvalue weighted by Crippen LogP contribution is -2.12. The van der Waals surface area contributed by atoms with E-state index in [9.17, 15) is 9.59 Å². The van der Waals surface area contributed by atoms with E-state index < -0.39 is 11.6 Å². The second-order valence-electron chi connectivity index (χ2n) is 8.14. The van der Waals surface area contributed by atoms with Crippen LogP contribution in [0.1, 0.15) is 15.9 Å². The fraction of sp³-hybridized carbons (Fsp3) is 0.0714. The molecule has 6 rings (SSSR count). The molecule has 1 N–H and O–H groups in total. The molecule has 36 heavy (non-hydrogen) atoms. The molecule has 3 heterocycles. The van der Waals surface area contributed by atoms with Crippen molar-refractivity contribution < 1.29 is 18.7 Å². The van der Waals surface area contributed by atoms with E-state index in [1.54, 1.807) is 36.4 Å². The molecule has 8 nitrogen and oxygen atoms in total. The minimum atomic E-state index is -0.508. The number of nitrogens with zero attached hydrogens (tertiary/aromatic N) is 2. The second-order valence-corrected chi connectivity index (χ2v) is 8.14. The number of fused-ring (bicyclic) bond motifs is 1. The number of pyridine rings is 1. The lowest BCUT2D eigenvalue weighted by molar-refractivity contribution is 0.0450. The molecule has 1 aliphatic heterocycles. The number of carbonyl (C=O) groups is 1. The molecule has 5 aromatic rings. The molecular formula is C28H19N3O5. The molecule has 0 radical (unpaired) electrons. The average Bonchev–Trinajstić information content (AvgIpc) is 3.25. The first kappa shape index (κ1) is 21.5. The van der Waals surface area contributed by atoms with E-state index in [4.69, 9.17) is 13.9 Å². The number of hydrogen-bond acceptors (Lipinski definition) is 7. The Morgan fingerprint density at radius 2 is 1.81 bits per heavy atom.